The highest BCUT2D eigenvalue weighted by Gasteiger charge is 1.97. The molecule has 0 radical (unpaired) electrons. The number of carbonyl (C=O) groups is 1. The number of carboxylic acids is 1. The normalized spacial score (nSPS) is 10.5. The van der Waals surface area contributed by atoms with Gasteiger partial charge in [-0.1, -0.05) is 25.1 Å². The van der Waals surface area contributed by atoms with Crippen LogP contribution in [-0.4, -0.2) is 12.6 Å². The smallest absolute Gasteiger partial charge is 0.126 e. The first-order chi connectivity index (χ1) is 7.24. The van der Waals surface area contributed by atoms with Gasteiger partial charge in [-0.15, -0.1) is 0 Å². The van der Waals surface area contributed by atoms with Crippen molar-refractivity contribution >= 4 is 12.0 Å². The van der Waals surface area contributed by atoms with E-state index in [0.29, 0.717) is 12.4 Å². The molecule has 3 nitrogen and oxygen atoms in total. The first-order valence-electron chi connectivity index (χ1n) is 4.85. The van der Waals surface area contributed by atoms with E-state index < -0.39 is 5.97 Å². The Morgan fingerprint density at radius 3 is 2.87 bits per heavy atom. The summed E-state index contributed by atoms with van der Waals surface area (Å²) in [6, 6.07) is 7.28. The summed E-state index contributed by atoms with van der Waals surface area (Å²) in [5.74, 6) is -0.517. The molecule has 0 spiro atoms. The fraction of sp³-hybridized carbons (Fsp3) is 0.250. The summed E-state index contributed by atoms with van der Waals surface area (Å²) >= 11 is 0. The molecule has 0 aromatic heterocycles. The fourth-order valence-corrected chi connectivity index (χ4v) is 1.12. The maximum atomic E-state index is 10.3. The van der Waals surface area contributed by atoms with Crippen molar-refractivity contribution in [2.45, 2.75) is 13.3 Å². The number of ether oxygens (including phenoxy) is 1. The van der Waals surface area contributed by atoms with Gasteiger partial charge in [0.15, 0.2) is 0 Å². The maximum Gasteiger partial charge on any atom is 0.126 e. The molecular weight excluding hydrogens is 192 g/mol. The third-order valence-electron chi connectivity index (χ3n) is 1.78. The number of carboxylic acid groups (broad SMARTS) is 1. The summed E-state index contributed by atoms with van der Waals surface area (Å²) in [6.45, 7) is 2.63. The summed E-state index contributed by atoms with van der Waals surface area (Å²) in [4.78, 5) is 10.3. The number of hydrogen-bond acceptors (Lipinski definition) is 3. The fourth-order valence-electron chi connectivity index (χ4n) is 1.12. The number of carbonyl (C=O) groups excluding carboxylic acids is 1. The molecule has 0 bridgehead atoms. The van der Waals surface area contributed by atoms with Crippen LogP contribution in [0.2, 0.25) is 0 Å². The molecule has 1 rings (SSSR count). The number of para-hydroxylation sites is 1. The van der Waals surface area contributed by atoms with E-state index in [1.54, 1.807) is 6.07 Å². The molecule has 0 N–H and O–H groups in total. The number of rotatable bonds is 5. The van der Waals surface area contributed by atoms with Crippen molar-refractivity contribution in [3.8, 4) is 5.75 Å². The van der Waals surface area contributed by atoms with E-state index in [1.165, 1.54) is 6.08 Å². The molecule has 0 heterocycles. The minimum Gasteiger partial charge on any atom is -0.545 e. The minimum absolute atomic E-state index is 0.621. The van der Waals surface area contributed by atoms with E-state index in [9.17, 15) is 9.90 Å². The maximum absolute atomic E-state index is 10.3. The third kappa shape index (κ3) is 3.85. The first-order valence-corrected chi connectivity index (χ1v) is 4.85. The van der Waals surface area contributed by atoms with Crippen LogP contribution in [0.5, 0.6) is 5.75 Å². The van der Waals surface area contributed by atoms with Crippen molar-refractivity contribution in [2.75, 3.05) is 6.61 Å². The van der Waals surface area contributed by atoms with Gasteiger partial charge in [-0.3, -0.25) is 0 Å². The zero-order valence-electron chi connectivity index (χ0n) is 8.60. The second-order valence-electron chi connectivity index (χ2n) is 3.04. The largest absolute Gasteiger partial charge is 0.545 e. The van der Waals surface area contributed by atoms with E-state index in [4.69, 9.17) is 4.74 Å². The Balaban J connectivity index is 2.81. The second-order valence-corrected chi connectivity index (χ2v) is 3.04. The van der Waals surface area contributed by atoms with Crippen LogP contribution in [0.3, 0.4) is 0 Å². The molecule has 0 atom stereocenters. The highest BCUT2D eigenvalue weighted by atomic mass is 16.5. The minimum atomic E-state index is -1.21. The van der Waals surface area contributed by atoms with Crippen molar-refractivity contribution in [2.24, 2.45) is 0 Å². The van der Waals surface area contributed by atoms with Gasteiger partial charge in [-0.05, 0) is 24.6 Å². The lowest BCUT2D eigenvalue weighted by Gasteiger charge is -2.07. The monoisotopic (exact) mass is 205 g/mol. The van der Waals surface area contributed by atoms with Gasteiger partial charge in [0.25, 0.3) is 0 Å². The Morgan fingerprint density at radius 2 is 2.20 bits per heavy atom. The molecule has 0 saturated heterocycles. The SMILES string of the molecule is CCCOc1ccccc1/C=C/C(=O)[O-]. The van der Waals surface area contributed by atoms with E-state index in [0.717, 1.165) is 18.1 Å². The van der Waals surface area contributed by atoms with Crippen molar-refractivity contribution in [3.63, 3.8) is 0 Å². The van der Waals surface area contributed by atoms with Crippen LogP contribution in [0, 0.1) is 0 Å². The highest BCUT2D eigenvalue weighted by molar-refractivity contribution is 5.84. The van der Waals surface area contributed by atoms with Crippen molar-refractivity contribution in [1.29, 1.82) is 0 Å². The van der Waals surface area contributed by atoms with Gasteiger partial charge < -0.3 is 14.6 Å². The Bertz CT molecular complexity index is 356. The van der Waals surface area contributed by atoms with Gasteiger partial charge in [0.2, 0.25) is 0 Å². The summed E-state index contributed by atoms with van der Waals surface area (Å²) < 4.78 is 5.45. The summed E-state index contributed by atoms with van der Waals surface area (Å²) in [7, 11) is 0. The molecule has 0 unspecified atom stereocenters. The first kappa shape index (κ1) is 11.3. The standard InChI is InChI=1S/C12H14O3/c1-2-9-15-11-6-4-3-5-10(11)7-8-12(13)14/h3-8H,2,9H2,1H3,(H,13,14)/p-1/b8-7+. The second kappa shape index (κ2) is 5.86. The molecule has 1 aromatic carbocycles. The average Bonchev–Trinajstić information content (AvgIpc) is 2.24. The lowest BCUT2D eigenvalue weighted by molar-refractivity contribution is -0.297. The summed E-state index contributed by atoms with van der Waals surface area (Å²) in [6.07, 6.45) is 3.38. The molecule has 1 aromatic rings. The van der Waals surface area contributed by atoms with Crippen molar-refractivity contribution in [1.82, 2.24) is 0 Å². The van der Waals surface area contributed by atoms with Gasteiger partial charge in [0.05, 0.1) is 12.6 Å². The van der Waals surface area contributed by atoms with Crippen LogP contribution in [0.1, 0.15) is 18.9 Å². The van der Waals surface area contributed by atoms with E-state index in [1.807, 2.05) is 25.1 Å². The summed E-state index contributed by atoms with van der Waals surface area (Å²) in [5.41, 5.74) is 0.746. The van der Waals surface area contributed by atoms with Gasteiger partial charge in [-0.25, -0.2) is 0 Å². The highest BCUT2D eigenvalue weighted by Crippen LogP contribution is 2.19. The van der Waals surface area contributed by atoms with Gasteiger partial charge >= 0.3 is 0 Å². The average molecular weight is 205 g/mol. The van der Waals surface area contributed by atoms with E-state index in [-0.39, 0.29) is 0 Å². The molecule has 3 heteroatoms. The Morgan fingerprint density at radius 1 is 1.47 bits per heavy atom. The lowest BCUT2D eigenvalue weighted by Crippen LogP contribution is -2.18. The number of hydrogen-bond donors (Lipinski definition) is 0. The van der Waals surface area contributed by atoms with Crippen LogP contribution in [0.4, 0.5) is 0 Å². The van der Waals surface area contributed by atoms with Crippen LogP contribution >= 0.6 is 0 Å². The topological polar surface area (TPSA) is 49.4 Å². The van der Waals surface area contributed by atoms with Crippen molar-refractivity contribution in [3.05, 3.63) is 35.9 Å². The molecule has 0 aliphatic heterocycles. The predicted molar refractivity (Wildman–Crippen MR) is 56.3 cm³/mol. The zero-order chi connectivity index (χ0) is 11.1. The quantitative estimate of drug-likeness (QED) is 0.679. The van der Waals surface area contributed by atoms with E-state index >= 15 is 0 Å². The van der Waals surface area contributed by atoms with Crippen LogP contribution in [-0.2, 0) is 4.79 Å². The van der Waals surface area contributed by atoms with Crippen LogP contribution in [0.15, 0.2) is 30.3 Å². The molecule has 0 fully saturated rings. The number of aliphatic carboxylic acids is 1. The van der Waals surface area contributed by atoms with E-state index in [2.05, 4.69) is 0 Å². The lowest BCUT2D eigenvalue weighted by atomic mass is 10.2. The summed E-state index contributed by atoms with van der Waals surface area (Å²) in [5, 5.41) is 10.3. The Kier molecular flexibility index (Phi) is 4.41. The van der Waals surface area contributed by atoms with Crippen molar-refractivity contribution < 1.29 is 14.6 Å². The predicted octanol–water partition coefficient (Wildman–Crippen LogP) is 1.24. The van der Waals surface area contributed by atoms with Gasteiger partial charge in [0.1, 0.15) is 5.75 Å². The molecule has 15 heavy (non-hydrogen) atoms. The Hall–Kier alpha value is -1.77. The molecule has 80 valence electrons. The molecule has 0 saturated carbocycles. The van der Waals surface area contributed by atoms with Gasteiger partial charge in [0, 0.05) is 5.56 Å². The third-order valence-corrected chi connectivity index (χ3v) is 1.78. The van der Waals surface area contributed by atoms with Gasteiger partial charge in [-0.2, -0.15) is 0 Å². The molecule has 0 aliphatic rings. The molecular formula is C12H13O3-. The molecule has 0 amide bonds. The van der Waals surface area contributed by atoms with Crippen LogP contribution in [0.25, 0.3) is 6.08 Å². The molecule has 0 aliphatic carbocycles. The number of benzene rings is 1. The Labute approximate surface area is 89.0 Å². The zero-order valence-corrected chi connectivity index (χ0v) is 8.60. The van der Waals surface area contributed by atoms with Crippen LogP contribution < -0.4 is 9.84 Å².